The molecule has 0 unspecified atom stereocenters. The summed E-state index contributed by atoms with van der Waals surface area (Å²) in [4.78, 5) is 21.1. The van der Waals surface area contributed by atoms with E-state index in [1.54, 1.807) is 12.3 Å². The van der Waals surface area contributed by atoms with Gasteiger partial charge in [-0.2, -0.15) is 0 Å². The Labute approximate surface area is 135 Å². The van der Waals surface area contributed by atoms with Crippen molar-refractivity contribution in [3.05, 3.63) is 65.6 Å². The van der Waals surface area contributed by atoms with E-state index in [-0.39, 0.29) is 5.78 Å². The summed E-state index contributed by atoms with van der Waals surface area (Å²) in [7, 11) is 0. The normalized spacial score (nSPS) is 10.7. The van der Waals surface area contributed by atoms with E-state index in [0.29, 0.717) is 18.7 Å². The Bertz CT molecular complexity index is 859. The molecule has 4 heteroatoms. The second-order valence-electron chi connectivity index (χ2n) is 5.35. The number of carbonyl (C=O) groups excluding carboxylic acids is 1. The van der Waals surface area contributed by atoms with Gasteiger partial charge in [-0.3, -0.25) is 14.8 Å². The first-order valence-corrected chi connectivity index (χ1v) is 7.64. The summed E-state index contributed by atoms with van der Waals surface area (Å²) in [5.41, 5.74) is 3.13. The highest BCUT2D eigenvalue weighted by atomic mass is 16.5. The molecule has 116 valence electrons. The fourth-order valence-electron chi connectivity index (χ4n) is 2.56. The van der Waals surface area contributed by atoms with Gasteiger partial charge < -0.3 is 4.74 Å². The van der Waals surface area contributed by atoms with Crippen LogP contribution in [-0.2, 0) is 6.42 Å². The molecule has 0 bridgehead atoms. The molecule has 3 rings (SSSR count). The molecule has 0 N–H and O–H groups in total. The third-order valence-electron chi connectivity index (χ3n) is 3.64. The van der Waals surface area contributed by atoms with Crippen molar-refractivity contribution in [1.82, 2.24) is 9.97 Å². The standard InChI is InChI=1S/C19H18N2O2/c1-3-23-15-7-8-16-14(9-10-20-18(16)12-15)11-19(22)17-6-4-5-13(2)21-17/h4-10,12H,3,11H2,1-2H3. The number of Topliss-reactive ketones (excluding diaryl/α,β-unsaturated/α-hetero) is 1. The number of ether oxygens (including phenoxy) is 1. The molecule has 0 amide bonds. The van der Waals surface area contributed by atoms with E-state index in [9.17, 15) is 4.79 Å². The van der Waals surface area contributed by atoms with Gasteiger partial charge in [-0.1, -0.05) is 6.07 Å². The zero-order valence-corrected chi connectivity index (χ0v) is 13.2. The van der Waals surface area contributed by atoms with Crippen molar-refractivity contribution in [1.29, 1.82) is 0 Å². The lowest BCUT2D eigenvalue weighted by molar-refractivity contribution is 0.0988. The summed E-state index contributed by atoms with van der Waals surface area (Å²) in [5, 5.41) is 0.969. The van der Waals surface area contributed by atoms with E-state index in [0.717, 1.165) is 27.9 Å². The molecule has 2 aromatic heterocycles. The van der Waals surface area contributed by atoms with Gasteiger partial charge in [0.05, 0.1) is 12.1 Å². The molecule has 3 aromatic rings. The molecular formula is C19H18N2O2. The number of pyridine rings is 2. The van der Waals surface area contributed by atoms with E-state index in [1.165, 1.54) is 0 Å². The highest BCUT2D eigenvalue weighted by Crippen LogP contribution is 2.23. The van der Waals surface area contributed by atoms with E-state index in [1.807, 2.05) is 50.2 Å². The third kappa shape index (κ3) is 3.37. The Morgan fingerprint density at radius 1 is 1.17 bits per heavy atom. The van der Waals surface area contributed by atoms with Gasteiger partial charge in [-0.05, 0) is 49.7 Å². The molecule has 0 radical (unpaired) electrons. The first kappa shape index (κ1) is 15.2. The molecule has 0 saturated heterocycles. The van der Waals surface area contributed by atoms with Crippen LogP contribution < -0.4 is 4.74 Å². The molecule has 2 heterocycles. The highest BCUT2D eigenvalue weighted by Gasteiger charge is 2.11. The van der Waals surface area contributed by atoms with Crippen LogP contribution in [0.3, 0.4) is 0 Å². The number of rotatable bonds is 5. The minimum Gasteiger partial charge on any atom is -0.494 e. The quantitative estimate of drug-likeness (QED) is 0.673. The van der Waals surface area contributed by atoms with Gasteiger partial charge in [0.25, 0.3) is 0 Å². The molecule has 4 nitrogen and oxygen atoms in total. The number of nitrogens with zero attached hydrogens (tertiary/aromatic N) is 2. The van der Waals surface area contributed by atoms with Crippen molar-refractivity contribution in [2.45, 2.75) is 20.3 Å². The van der Waals surface area contributed by atoms with Crippen LogP contribution in [-0.4, -0.2) is 22.4 Å². The summed E-state index contributed by atoms with van der Waals surface area (Å²) < 4.78 is 5.50. The maximum Gasteiger partial charge on any atom is 0.185 e. The number of carbonyl (C=O) groups is 1. The molecule has 0 atom stereocenters. The predicted molar refractivity (Wildman–Crippen MR) is 89.9 cm³/mol. The maximum atomic E-state index is 12.5. The van der Waals surface area contributed by atoms with Crippen LogP contribution in [0.15, 0.2) is 48.7 Å². The second-order valence-corrected chi connectivity index (χ2v) is 5.35. The molecule has 23 heavy (non-hydrogen) atoms. The number of aromatic nitrogens is 2. The zero-order valence-electron chi connectivity index (χ0n) is 13.2. The van der Waals surface area contributed by atoms with Crippen LogP contribution in [0.2, 0.25) is 0 Å². The summed E-state index contributed by atoms with van der Waals surface area (Å²) in [6.45, 7) is 4.44. The fourth-order valence-corrected chi connectivity index (χ4v) is 2.56. The summed E-state index contributed by atoms with van der Waals surface area (Å²) in [6, 6.07) is 13.1. The Hall–Kier alpha value is -2.75. The van der Waals surface area contributed by atoms with Crippen LogP contribution in [0, 0.1) is 6.92 Å². The number of fused-ring (bicyclic) bond motifs is 1. The predicted octanol–water partition coefficient (Wildman–Crippen LogP) is 3.76. The molecule has 0 aliphatic heterocycles. The number of hydrogen-bond donors (Lipinski definition) is 0. The molecule has 0 aliphatic rings. The number of aryl methyl sites for hydroxylation is 1. The minimum absolute atomic E-state index is 0.00934. The second kappa shape index (κ2) is 6.57. The Morgan fingerprint density at radius 2 is 2.04 bits per heavy atom. The van der Waals surface area contributed by atoms with Gasteiger partial charge in [-0.25, -0.2) is 0 Å². The van der Waals surface area contributed by atoms with Crippen molar-refractivity contribution >= 4 is 16.7 Å². The molecule has 0 fully saturated rings. The largest absolute Gasteiger partial charge is 0.494 e. The lowest BCUT2D eigenvalue weighted by atomic mass is 10.0. The lowest BCUT2D eigenvalue weighted by Gasteiger charge is -2.08. The van der Waals surface area contributed by atoms with Crippen molar-refractivity contribution in [3.8, 4) is 5.75 Å². The van der Waals surface area contributed by atoms with Crippen LogP contribution >= 0.6 is 0 Å². The number of ketones is 1. The third-order valence-corrected chi connectivity index (χ3v) is 3.64. The summed E-state index contributed by atoms with van der Waals surface area (Å²) in [5.74, 6) is 0.798. The van der Waals surface area contributed by atoms with Gasteiger partial charge in [0, 0.05) is 29.8 Å². The SMILES string of the molecule is CCOc1ccc2c(CC(=O)c3cccc(C)n3)ccnc2c1. The van der Waals surface area contributed by atoms with Gasteiger partial charge in [-0.15, -0.1) is 0 Å². The molecule has 0 spiro atoms. The number of hydrogen-bond acceptors (Lipinski definition) is 4. The first-order valence-electron chi connectivity index (χ1n) is 7.64. The van der Waals surface area contributed by atoms with Crippen molar-refractivity contribution in [3.63, 3.8) is 0 Å². The van der Waals surface area contributed by atoms with Crippen molar-refractivity contribution < 1.29 is 9.53 Å². The Kier molecular flexibility index (Phi) is 4.33. The summed E-state index contributed by atoms with van der Waals surface area (Å²) in [6.07, 6.45) is 2.04. The fraction of sp³-hybridized carbons (Fsp3) is 0.211. The zero-order chi connectivity index (χ0) is 16.2. The van der Waals surface area contributed by atoms with E-state index < -0.39 is 0 Å². The van der Waals surface area contributed by atoms with Crippen molar-refractivity contribution in [2.75, 3.05) is 6.61 Å². The molecule has 0 aliphatic carbocycles. The van der Waals surface area contributed by atoms with Crippen molar-refractivity contribution in [2.24, 2.45) is 0 Å². The monoisotopic (exact) mass is 306 g/mol. The average Bonchev–Trinajstić information content (AvgIpc) is 2.55. The van der Waals surface area contributed by atoms with Gasteiger partial charge in [0.2, 0.25) is 0 Å². The lowest BCUT2D eigenvalue weighted by Crippen LogP contribution is -2.07. The smallest absolute Gasteiger partial charge is 0.185 e. The van der Waals surface area contributed by atoms with E-state index in [2.05, 4.69) is 9.97 Å². The molecule has 0 saturated carbocycles. The van der Waals surface area contributed by atoms with E-state index in [4.69, 9.17) is 4.74 Å². The van der Waals surface area contributed by atoms with Crippen LogP contribution in [0.5, 0.6) is 5.75 Å². The Morgan fingerprint density at radius 3 is 2.83 bits per heavy atom. The van der Waals surface area contributed by atoms with Gasteiger partial charge >= 0.3 is 0 Å². The highest BCUT2D eigenvalue weighted by molar-refractivity contribution is 5.98. The summed E-state index contributed by atoms with van der Waals surface area (Å²) >= 11 is 0. The topological polar surface area (TPSA) is 52.1 Å². The Balaban J connectivity index is 1.92. The van der Waals surface area contributed by atoms with E-state index >= 15 is 0 Å². The minimum atomic E-state index is 0.00934. The van der Waals surface area contributed by atoms with Crippen LogP contribution in [0.4, 0.5) is 0 Å². The average molecular weight is 306 g/mol. The first-order chi connectivity index (χ1) is 11.2. The van der Waals surface area contributed by atoms with Gasteiger partial charge in [0.15, 0.2) is 5.78 Å². The molecule has 1 aromatic carbocycles. The van der Waals surface area contributed by atoms with Gasteiger partial charge in [0.1, 0.15) is 11.4 Å². The maximum absolute atomic E-state index is 12.5. The van der Waals surface area contributed by atoms with Crippen LogP contribution in [0.1, 0.15) is 28.7 Å². The van der Waals surface area contributed by atoms with Crippen LogP contribution in [0.25, 0.3) is 10.9 Å². The molecular weight excluding hydrogens is 288 g/mol. The number of benzene rings is 1.